The molecule has 1 unspecified atom stereocenters. The number of hydrogen-bond acceptors (Lipinski definition) is 6. The summed E-state index contributed by atoms with van der Waals surface area (Å²) < 4.78 is 34.3. The fourth-order valence-corrected chi connectivity index (χ4v) is 3.50. The smallest absolute Gasteiger partial charge is 0.175 e. The van der Waals surface area contributed by atoms with E-state index in [-0.39, 0.29) is 11.5 Å². The molecular weight excluding hydrogens is 390 g/mol. The van der Waals surface area contributed by atoms with E-state index in [0.29, 0.717) is 36.0 Å². The van der Waals surface area contributed by atoms with Gasteiger partial charge in [-0.15, -0.1) is 0 Å². The predicted octanol–water partition coefficient (Wildman–Crippen LogP) is 2.46. The van der Waals surface area contributed by atoms with Crippen LogP contribution in [0.3, 0.4) is 0 Å². The van der Waals surface area contributed by atoms with E-state index in [1.54, 1.807) is 43.3 Å². The monoisotopic (exact) mass is 413 g/mol. The Labute approximate surface area is 165 Å². The highest BCUT2D eigenvalue weighted by Gasteiger charge is 2.12. The number of rotatable bonds is 10. The zero-order chi connectivity index (χ0) is 19.9. The van der Waals surface area contributed by atoms with Gasteiger partial charge in [0.2, 0.25) is 0 Å². The molecule has 2 rings (SSSR count). The second kappa shape index (κ2) is 9.94. The van der Waals surface area contributed by atoms with Crippen molar-refractivity contribution in [2.24, 2.45) is 0 Å². The van der Waals surface area contributed by atoms with E-state index >= 15 is 0 Å². The zero-order valence-electron chi connectivity index (χ0n) is 15.3. The molecule has 2 N–H and O–H groups in total. The highest BCUT2D eigenvalue weighted by Crippen LogP contribution is 2.21. The highest BCUT2D eigenvalue weighted by atomic mass is 35.5. The molecule has 0 saturated carbocycles. The van der Waals surface area contributed by atoms with Gasteiger partial charge in [-0.1, -0.05) is 11.6 Å². The van der Waals surface area contributed by atoms with Crippen molar-refractivity contribution in [3.8, 4) is 11.5 Å². The number of benzene rings is 2. The molecule has 2 aromatic rings. The SMILES string of the molecule is Cc1cc(OCC(O)CNCCOc2ccc(Cl)cc2)ccc1S(C)(=O)=O. The number of nitrogens with one attached hydrogen (secondary N) is 1. The topological polar surface area (TPSA) is 84.9 Å². The Bertz CT molecular complexity index is 840. The van der Waals surface area contributed by atoms with Gasteiger partial charge < -0.3 is 19.9 Å². The molecule has 2 aromatic carbocycles. The zero-order valence-corrected chi connectivity index (χ0v) is 16.9. The maximum absolute atomic E-state index is 11.6. The molecule has 6 nitrogen and oxygen atoms in total. The molecule has 0 bridgehead atoms. The molecular formula is C19H24ClNO5S. The normalized spacial score (nSPS) is 12.6. The predicted molar refractivity (Wildman–Crippen MR) is 106 cm³/mol. The Hall–Kier alpha value is -1.80. The molecule has 0 saturated heterocycles. The molecule has 0 radical (unpaired) electrons. The van der Waals surface area contributed by atoms with Crippen LogP contribution in [0.5, 0.6) is 11.5 Å². The maximum atomic E-state index is 11.6. The molecule has 0 spiro atoms. The van der Waals surface area contributed by atoms with E-state index in [9.17, 15) is 13.5 Å². The summed E-state index contributed by atoms with van der Waals surface area (Å²) in [7, 11) is -3.25. The third-order valence-corrected chi connectivity index (χ3v) is 5.24. The van der Waals surface area contributed by atoms with E-state index in [4.69, 9.17) is 21.1 Å². The average molecular weight is 414 g/mol. The van der Waals surface area contributed by atoms with E-state index in [1.807, 2.05) is 0 Å². The van der Waals surface area contributed by atoms with Gasteiger partial charge >= 0.3 is 0 Å². The van der Waals surface area contributed by atoms with Gasteiger partial charge in [0.15, 0.2) is 9.84 Å². The first kappa shape index (κ1) is 21.5. The van der Waals surface area contributed by atoms with Crippen LogP contribution in [0.15, 0.2) is 47.4 Å². The molecule has 0 aliphatic carbocycles. The second-order valence-electron chi connectivity index (χ2n) is 6.17. The van der Waals surface area contributed by atoms with Crippen LogP contribution in [-0.4, -0.2) is 52.2 Å². The average Bonchev–Trinajstić information content (AvgIpc) is 2.60. The summed E-state index contributed by atoms with van der Waals surface area (Å²) in [4.78, 5) is 0.276. The lowest BCUT2D eigenvalue weighted by atomic mass is 10.2. The third-order valence-electron chi connectivity index (χ3n) is 3.73. The minimum atomic E-state index is -3.25. The minimum absolute atomic E-state index is 0.0999. The van der Waals surface area contributed by atoms with Crippen LogP contribution >= 0.6 is 11.6 Å². The second-order valence-corrected chi connectivity index (χ2v) is 8.59. The van der Waals surface area contributed by atoms with Gasteiger partial charge in [-0.2, -0.15) is 0 Å². The first-order valence-electron chi connectivity index (χ1n) is 8.46. The van der Waals surface area contributed by atoms with Crippen LogP contribution in [0.1, 0.15) is 5.56 Å². The van der Waals surface area contributed by atoms with E-state index < -0.39 is 15.9 Å². The quantitative estimate of drug-likeness (QED) is 0.582. The van der Waals surface area contributed by atoms with Gasteiger partial charge in [-0.3, -0.25) is 0 Å². The first-order chi connectivity index (χ1) is 12.8. The van der Waals surface area contributed by atoms with Crippen LogP contribution in [0.4, 0.5) is 0 Å². The van der Waals surface area contributed by atoms with E-state index in [0.717, 1.165) is 5.75 Å². The van der Waals surface area contributed by atoms with Gasteiger partial charge in [0, 0.05) is 24.4 Å². The van der Waals surface area contributed by atoms with Crippen molar-refractivity contribution >= 4 is 21.4 Å². The Morgan fingerprint density at radius 2 is 1.78 bits per heavy atom. The number of aliphatic hydroxyl groups is 1. The molecule has 27 heavy (non-hydrogen) atoms. The van der Waals surface area contributed by atoms with Crippen molar-refractivity contribution in [3.63, 3.8) is 0 Å². The van der Waals surface area contributed by atoms with Gasteiger partial charge in [0.1, 0.15) is 30.8 Å². The fourth-order valence-electron chi connectivity index (χ4n) is 2.42. The van der Waals surface area contributed by atoms with Gasteiger partial charge in [-0.05, 0) is 55.0 Å². The number of halogens is 1. The van der Waals surface area contributed by atoms with Crippen LogP contribution in [-0.2, 0) is 9.84 Å². The van der Waals surface area contributed by atoms with Crippen molar-refractivity contribution in [1.29, 1.82) is 0 Å². The Morgan fingerprint density at radius 3 is 2.41 bits per heavy atom. The van der Waals surface area contributed by atoms with Gasteiger partial charge in [-0.25, -0.2) is 8.42 Å². The number of hydrogen-bond donors (Lipinski definition) is 2. The largest absolute Gasteiger partial charge is 0.492 e. The summed E-state index contributed by atoms with van der Waals surface area (Å²) in [5.74, 6) is 1.25. The Balaban J connectivity index is 1.66. The molecule has 1 atom stereocenters. The first-order valence-corrected chi connectivity index (χ1v) is 10.7. The molecule has 0 aromatic heterocycles. The molecule has 8 heteroatoms. The summed E-state index contributed by atoms with van der Waals surface area (Å²) in [6, 6.07) is 11.9. The van der Waals surface area contributed by atoms with Gasteiger partial charge in [0.05, 0.1) is 4.90 Å². The standard InChI is InChI=1S/C19H24ClNO5S/c1-14-11-18(7-8-19(14)27(2,23)24)26-13-16(22)12-21-9-10-25-17-5-3-15(20)4-6-17/h3-8,11,16,21-22H,9-10,12-13H2,1-2H3. The number of aryl methyl sites for hydroxylation is 1. The van der Waals surface area contributed by atoms with Crippen molar-refractivity contribution in [3.05, 3.63) is 53.1 Å². The summed E-state index contributed by atoms with van der Waals surface area (Å²) in [6.07, 6.45) is 0.470. The minimum Gasteiger partial charge on any atom is -0.492 e. The van der Waals surface area contributed by atoms with E-state index in [2.05, 4.69) is 5.32 Å². The fraction of sp³-hybridized carbons (Fsp3) is 0.368. The maximum Gasteiger partial charge on any atom is 0.175 e. The Morgan fingerprint density at radius 1 is 1.11 bits per heavy atom. The van der Waals surface area contributed by atoms with Crippen molar-refractivity contribution in [2.75, 3.05) is 32.6 Å². The lowest BCUT2D eigenvalue weighted by molar-refractivity contribution is 0.105. The van der Waals surface area contributed by atoms with Crippen LogP contribution in [0.2, 0.25) is 5.02 Å². The number of ether oxygens (including phenoxy) is 2. The van der Waals surface area contributed by atoms with E-state index in [1.165, 1.54) is 12.3 Å². The van der Waals surface area contributed by atoms with Crippen LogP contribution in [0, 0.1) is 6.92 Å². The van der Waals surface area contributed by atoms with Crippen LogP contribution in [0.25, 0.3) is 0 Å². The summed E-state index contributed by atoms with van der Waals surface area (Å²) in [5.41, 5.74) is 0.613. The summed E-state index contributed by atoms with van der Waals surface area (Å²) in [5, 5.41) is 13.7. The van der Waals surface area contributed by atoms with Crippen molar-refractivity contribution < 1.29 is 23.0 Å². The Kier molecular flexibility index (Phi) is 7.91. The lowest BCUT2D eigenvalue weighted by Crippen LogP contribution is -2.33. The molecule has 148 valence electrons. The molecule has 0 aliphatic heterocycles. The molecule has 0 fully saturated rings. The lowest BCUT2D eigenvalue weighted by Gasteiger charge is -2.14. The van der Waals surface area contributed by atoms with Gasteiger partial charge in [0.25, 0.3) is 0 Å². The third kappa shape index (κ3) is 7.38. The summed E-state index contributed by atoms with van der Waals surface area (Å²) >= 11 is 5.81. The highest BCUT2D eigenvalue weighted by molar-refractivity contribution is 7.90. The summed E-state index contributed by atoms with van der Waals surface area (Å²) in [6.45, 7) is 3.19. The van der Waals surface area contributed by atoms with Crippen molar-refractivity contribution in [1.82, 2.24) is 5.32 Å². The number of aliphatic hydroxyl groups excluding tert-OH is 1. The number of sulfone groups is 1. The molecule has 0 heterocycles. The molecule has 0 amide bonds. The van der Waals surface area contributed by atoms with Crippen molar-refractivity contribution in [2.45, 2.75) is 17.9 Å². The molecule has 0 aliphatic rings. The van der Waals surface area contributed by atoms with Crippen LogP contribution < -0.4 is 14.8 Å².